The Morgan fingerprint density at radius 1 is 1.47 bits per heavy atom. The van der Waals surface area contributed by atoms with Crippen molar-refractivity contribution in [3.8, 4) is 0 Å². The lowest BCUT2D eigenvalue weighted by molar-refractivity contribution is -0.384. The molecule has 2 aromatic rings. The number of anilines is 1. The molecule has 100 valence electrons. The Balaban J connectivity index is 1.86. The molecule has 0 saturated heterocycles. The first-order valence-electron chi connectivity index (χ1n) is 5.99. The maximum atomic E-state index is 10.8. The van der Waals surface area contributed by atoms with E-state index in [2.05, 4.69) is 20.5 Å². The molecule has 0 bridgehead atoms. The molecular weight excluding hydrogens is 246 g/mol. The number of nitro groups is 1. The molecule has 2 N–H and O–H groups in total. The van der Waals surface area contributed by atoms with Crippen molar-refractivity contribution in [1.29, 1.82) is 0 Å². The van der Waals surface area contributed by atoms with Crippen LogP contribution in [-0.4, -0.2) is 26.6 Å². The number of H-pyrrole nitrogens is 1. The summed E-state index contributed by atoms with van der Waals surface area (Å²) in [6, 6.07) is 1.61. The van der Waals surface area contributed by atoms with Crippen molar-refractivity contribution in [2.75, 3.05) is 11.9 Å². The molecule has 7 heteroatoms. The second-order valence-corrected chi connectivity index (χ2v) is 4.20. The van der Waals surface area contributed by atoms with Gasteiger partial charge in [-0.05, 0) is 31.4 Å². The van der Waals surface area contributed by atoms with Gasteiger partial charge in [-0.3, -0.25) is 20.2 Å². The molecular formula is C12H15N5O2. The quantitative estimate of drug-likeness (QED) is 0.471. The van der Waals surface area contributed by atoms with Crippen molar-refractivity contribution in [3.05, 3.63) is 46.0 Å². The molecule has 2 aromatic heterocycles. The Kier molecular flexibility index (Phi) is 4.07. The molecule has 0 spiro atoms. The smallest absolute Gasteiger partial charge is 0.310 e. The summed E-state index contributed by atoms with van der Waals surface area (Å²) in [6.45, 7) is 2.64. The topological polar surface area (TPSA) is 96.7 Å². The van der Waals surface area contributed by atoms with Crippen LogP contribution in [0, 0.1) is 17.0 Å². The van der Waals surface area contributed by atoms with E-state index in [0.717, 1.165) is 18.5 Å². The van der Waals surface area contributed by atoms with Gasteiger partial charge in [0.1, 0.15) is 11.9 Å². The zero-order valence-corrected chi connectivity index (χ0v) is 10.6. The fraction of sp³-hybridized carbons (Fsp3) is 0.333. The van der Waals surface area contributed by atoms with E-state index in [4.69, 9.17) is 0 Å². The molecule has 0 radical (unpaired) electrons. The van der Waals surface area contributed by atoms with Gasteiger partial charge < -0.3 is 5.32 Å². The van der Waals surface area contributed by atoms with Crippen molar-refractivity contribution in [1.82, 2.24) is 15.2 Å². The van der Waals surface area contributed by atoms with Crippen molar-refractivity contribution >= 4 is 11.4 Å². The molecule has 0 amide bonds. The van der Waals surface area contributed by atoms with Gasteiger partial charge in [0.25, 0.3) is 0 Å². The van der Waals surface area contributed by atoms with E-state index >= 15 is 0 Å². The second kappa shape index (κ2) is 5.94. The second-order valence-electron chi connectivity index (χ2n) is 4.20. The summed E-state index contributed by atoms with van der Waals surface area (Å²) in [4.78, 5) is 14.1. The van der Waals surface area contributed by atoms with E-state index in [-0.39, 0.29) is 5.69 Å². The molecule has 0 fully saturated rings. The summed E-state index contributed by atoms with van der Waals surface area (Å²) in [5.74, 6) is 0. The van der Waals surface area contributed by atoms with Gasteiger partial charge in [-0.2, -0.15) is 5.10 Å². The summed E-state index contributed by atoms with van der Waals surface area (Å²) in [6.07, 6.45) is 6.36. The maximum absolute atomic E-state index is 10.8. The first-order valence-corrected chi connectivity index (χ1v) is 5.99. The summed E-state index contributed by atoms with van der Waals surface area (Å²) in [7, 11) is 0. The van der Waals surface area contributed by atoms with E-state index in [0.29, 0.717) is 12.2 Å². The van der Waals surface area contributed by atoms with Crippen LogP contribution in [0.4, 0.5) is 11.4 Å². The minimum Gasteiger partial charge on any atom is -0.379 e. The van der Waals surface area contributed by atoms with Gasteiger partial charge in [0.05, 0.1) is 11.1 Å². The Bertz CT molecular complexity index is 567. The Morgan fingerprint density at radius 3 is 3.00 bits per heavy atom. The lowest BCUT2D eigenvalue weighted by atomic mass is 10.1. The molecule has 0 unspecified atom stereocenters. The maximum Gasteiger partial charge on any atom is 0.310 e. The third-order valence-corrected chi connectivity index (χ3v) is 2.87. The number of rotatable bonds is 6. The van der Waals surface area contributed by atoms with Crippen LogP contribution >= 0.6 is 0 Å². The number of nitrogens with one attached hydrogen (secondary N) is 2. The van der Waals surface area contributed by atoms with E-state index in [9.17, 15) is 10.1 Å². The van der Waals surface area contributed by atoms with Crippen molar-refractivity contribution in [2.24, 2.45) is 0 Å². The van der Waals surface area contributed by atoms with E-state index in [1.807, 2.05) is 13.1 Å². The molecule has 19 heavy (non-hydrogen) atoms. The SMILES string of the molecule is Cc1[nH]ncc1CCCNc1ccncc1[N+](=O)[O-]. The molecule has 7 nitrogen and oxygen atoms in total. The molecule has 0 aromatic carbocycles. The number of aryl methyl sites for hydroxylation is 2. The van der Waals surface area contributed by atoms with Crippen LogP contribution in [0.2, 0.25) is 0 Å². The predicted octanol–water partition coefficient (Wildman–Crippen LogP) is 2.07. The zero-order chi connectivity index (χ0) is 13.7. The Labute approximate surface area is 110 Å². The first-order chi connectivity index (χ1) is 9.18. The van der Waals surface area contributed by atoms with Gasteiger partial charge in [-0.15, -0.1) is 0 Å². The lowest BCUT2D eigenvalue weighted by Crippen LogP contribution is -2.05. The van der Waals surface area contributed by atoms with Crippen molar-refractivity contribution in [3.63, 3.8) is 0 Å². The average Bonchev–Trinajstić information content (AvgIpc) is 2.80. The monoisotopic (exact) mass is 261 g/mol. The number of aromatic amines is 1. The predicted molar refractivity (Wildman–Crippen MR) is 71.0 cm³/mol. The van der Waals surface area contributed by atoms with Crippen molar-refractivity contribution in [2.45, 2.75) is 19.8 Å². The molecule has 2 heterocycles. The Hall–Kier alpha value is -2.44. The molecule has 0 atom stereocenters. The lowest BCUT2D eigenvalue weighted by Gasteiger charge is -2.06. The van der Waals surface area contributed by atoms with Crippen LogP contribution < -0.4 is 5.32 Å². The van der Waals surface area contributed by atoms with Crippen molar-refractivity contribution < 1.29 is 4.92 Å². The van der Waals surface area contributed by atoms with Gasteiger partial charge in [0, 0.05) is 18.4 Å². The standard InChI is InChI=1S/C12H15N5O2/c1-9-10(7-15-16-9)3-2-5-14-11-4-6-13-8-12(11)17(18)19/h4,6-8H,2-3,5H2,1H3,(H,13,14)(H,15,16). The first kappa shape index (κ1) is 13.0. The number of pyridine rings is 1. The highest BCUT2D eigenvalue weighted by molar-refractivity contribution is 5.59. The molecule has 0 aliphatic heterocycles. The van der Waals surface area contributed by atoms with Crippen LogP contribution in [0.15, 0.2) is 24.7 Å². The summed E-state index contributed by atoms with van der Waals surface area (Å²) >= 11 is 0. The number of aromatic nitrogens is 3. The summed E-state index contributed by atoms with van der Waals surface area (Å²) in [5, 5.41) is 20.7. The minimum atomic E-state index is -0.435. The van der Waals surface area contributed by atoms with Crippen LogP contribution in [0.3, 0.4) is 0 Å². The molecule has 2 rings (SSSR count). The number of hydrogen-bond donors (Lipinski definition) is 2. The highest BCUT2D eigenvalue weighted by Crippen LogP contribution is 2.21. The Morgan fingerprint density at radius 2 is 2.32 bits per heavy atom. The van der Waals surface area contributed by atoms with Gasteiger partial charge in [0.15, 0.2) is 0 Å². The highest BCUT2D eigenvalue weighted by Gasteiger charge is 2.12. The summed E-state index contributed by atoms with van der Waals surface area (Å²) in [5.41, 5.74) is 2.74. The summed E-state index contributed by atoms with van der Waals surface area (Å²) < 4.78 is 0. The van der Waals surface area contributed by atoms with E-state index < -0.39 is 4.92 Å². The largest absolute Gasteiger partial charge is 0.379 e. The minimum absolute atomic E-state index is 0.00184. The highest BCUT2D eigenvalue weighted by atomic mass is 16.6. The van der Waals surface area contributed by atoms with Crippen LogP contribution in [0.1, 0.15) is 17.7 Å². The van der Waals surface area contributed by atoms with Gasteiger partial charge in [0.2, 0.25) is 0 Å². The van der Waals surface area contributed by atoms with E-state index in [1.165, 1.54) is 18.0 Å². The molecule has 0 aliphatic carbocycles. The van der Waals surface area contributed by atoms with Crippen LogP contribution in [0.25, 0.3) is 0 Å². The third kappa shape index (κ3) is 3.27. The number of nitrogens with zero attached hydrogens (tertiary/aromatic N) is 3. The average molecular weight is 261 g/mol. The van der Waals surface area contributed by atoms with Crippen LogP contribution in [-0.2, 0) is 6.42 Å². The molecule has 0 saturated carbocycles. The fourth-order valence-electron chi connectivity index (χ4n) is 1.81. The molecule has 0 aliphatic rings. The van der Waals surface area contributed by atoms with Crippen LogP contribution in [0.5, 0.6) is 0 Å². The van der Waals surface area contributed by atoms with Gasteiger partial charge in [-0.1, -0.05) is 0 Å². The van der Waals surface area contributed by atoms with Gasteiger partial charge >= 0.3 is 5.69 Å². The van der Waals surface area contributed by atoms with E-state index in [1.54, 1.807) is 6.07 Å². The van der Waals surface area contributed by atoms with Gasteiger partial charge in [-0.25, -0.2) is 0 Å². The normalized spacial score (nSPS) is 10.4. The third-order valence-electron chi connectivity index (χ3n) is 2.87. The zero-order valence-electron chi connectivity index (χ0n) is 10.6. The fourth-order valence-corrected chi connectivity index (χ4v) is 1.81. The number of hydrogen-bond acceptors (Lipinski definition) is 5.